The summed E-state index contributed by atoms with van der Waals surface area (Å²) in [4.78, 5) is 9.01. The second-order valence-corrected chi connectivity index (χ2v) is 5.83. The van der Waals surface area contributed by atoms with Crippen LogP contribution in [0.3, 0.4) is 0 Å². The van der Waals surface area contributed by atoms with Crippen LogP contribution in [0.15, 0.2) is 12.4 Å². The van der Waals surface area contributed by atoms with E-state index in [0.717, 1.165) is 21.4 Å². The van der Waals surface area contributed by atoms with Crippen molar-refractivity contribution in [3.05, 3.63) is 26.8 Å². The molecular weight excluding hydrogens is 363 g/mol. The Morgan fingerprint density at radius 3 is 2.83 bits per heavy atom. The van der Waals surface area contributed by atoms with Gasteiger partial charge in [0.2, 0.25) is 0 Å². The highest BCUT2D eigenvalue weighted by Crippen LogP contribution is 2.42. The summed E-state index contributed by atoms with van der Waals surface area (Å²) in [6.07, 6.45) is 6.15. The van der Waals surface area contributed by atoms with E-state index >= 15 is 0 Å². The van der Waals surface area contributed by atoms with Crippen LogP contribution in [-0.2, 0) is 6.54 Å². The van der Waals surface area contributed by atoms with Crippen LogP contribution in [-0.4, -0.2) is 19.7 Å². The first-order valence-corrected chi connectivity index (χ1v) is 7.40. The Balaban J connectivity index is 2.06. The first-order chi connectivity index (χ1) is 8.69. The van der Waals surface area contributed by atoms with Crippen LogP contribution < -0.4 is 0 Å². The van der Waals surface area contributed by atoms with E-state index in [4.69, 9.17) is 11.6 Å². The standard InChI is InChI=1S/C12H12ClIN4/c1-2-18-6-8(5-15-18)12-16-10(7-3-4-7)9(14)11(13)17-12/h5-7H,2-4H2,1H3. The van der Waals surface area contributed by atoms with Crippen molar-refractivity contribution >= 4 is 34.2 Å². The maximum absolute atomic E-state index is 6.20. The lowest BCUT2D eigenvalue weighted by Crippen LogP contribution is -1.99. The number of aromatic nitrogens is 4. The molecule has 1 aliphatic carbocycles. The average molecular weight is 375 g/mol. The Morgan fingerprint density at radius 1 is 1.44 bits per heavy atom. The van der Waals surface area contributed by atoms with E-state index in [1.165, 1.54) is 12.8 Å². The summed E-state index contributed by atoms with van der Waals surface area (Å²) in [7, 11) is 0. The monoisotopic (exact) mass is 374 g/mol. The van der Waals surface area contributed by atoms with Gasteiger partial charge in [0, 0.05) is 18.7 Å². The molecule has 2 heterocycles. The second-order valence-electron chi connectivity index (χ2n) is 4.40. The summed E-state index contributed by atoms with van der Waals surface area (Å²) in [6.45, 7) is 2.89. The smallest absolute Gasteiger partial charge is 0.164 e. The van der Waals surface area contributed by atoms with Gasteiger partial charge in [0.25, 0.3) is 0 Å². The fraction of sp³-hybridized carbons (Fsp3) is 0.417. The van der Waals surface area contributed by atoms with Gasteiger partial charge in [0.1, 0.15) is 5.15 Å². The predicted octanol–water partition coefficient (Wildman–Crippen LogP) is 3.50. The third kappa shape index (κ3) is 2.25. The fourth-order valence-electron chi connectivity index (χ4n) is 1.84. The largest absolute Gasteiger partial charge is 0.272 e. The Kier molecular flexibility index (Phi) is 3.27. The van der Waals surface area contributed by atoms with E-state index in [-0.39, 0.29) is 0 Å². The maximum Gasteiger partial charge on any atom is 0.164 e. The molecule has 0 N–H and O–H groups in total. The van der Waals surface area contributed by atoms with Crippen LogP contribution >= 0.6 is 34.2 Å². The summed E-state index contributed by atoms with van der Waals surface area (Å²) in [5, 5.41) is 4.79. The van der Waals surface area contributed by atoms with Gasteiger partial charge in [0.15, 0.2) is 5.82 Å². The molecule has 1 fully saturated rings. The molecule has 1 aliphatic rings. The Morgan fingerprint density at radius 2 is 2.22 bits per heavy atom. The van der Waals surface area contributed by atoms with Crippen LogP contribution in [0.25, 0.3) is 11.4 Å². The summed E-state index contributed by atoms with van der Waals surface area (Å²) in [5.74, 6) is 1.25. The van der Waals surface area contributed by atoms with Crippen LogP contribution in [0.1, 0.15) is 31.4 Å². The Labute approximate surface area is 124 Å². The van der Waals surface area contributed by atoms with E-state index in [0.29, 0.717) is 16.9 Å². The molecule has 0 aliphatic heterocycles. The number of nitrogens with zero attached hydrogens (tertiary/aromatic N) is 4. The van der Waals surface area contributed by atoms with Crippen molar-refractivity contribution in [1.82, 2.24) is 19.7 Å². The fourth-order valence-corrected chi connectivity index (χ4v) is 2.70. The average Bonchev–Trinajstić information content (AvgIpc) is 3.09. The highest BCUT2D eigenvalue weighted by atomic mass is 127. The van der Waals surface area contributed by atoms with Crippen LogP contribution in [0.2, 0.25) is 5.15 Å². The van der Waals surface area contributed by atoms with Gasteiger partial charge in [0.05, 0.1) is 21.0 Å². The van der Waals surface area contributed by atoms with Gasteiger partial charge in [-0.25, -0.2) is 9.97 Å². The molecule has 0 radical (unpaired) electrons. The van der Waals surface area contributed by atoms with Gasteiger partial charge in [-0.05, 0) is 42.4 Å². The Hall–Kier alpha value is -0.690. The zero-order chi connectivity index (χ0) is 12.7. The summed E-state index contributed by atoms with van der Waals surface area (Å²) < 4.78 is 2.85. The SMILES string of the molecule is CCn1cc(-c2nc(Cl)c(I)c(C3CC3)n2)cn1. The first-order valence-electron chi connectivity index (χ1n) is 5.94. The van der Waals surface area contributed by atoms with Gasteiger partial charge < -0.3 is 0 Å². The minimum atomic E-state index is 0.548. The van der Waals surface area contributed by atoms with E-state index in [9.17, 15) is 0 Å². The van der Waals surface area contributed by atoms with Gasteiger partial charge in [-0.2, -0.15) is 5.10 Å². The molecule has 1 saturated carbocycles. The molecule has 0 spiro atoms. The number of aryl methyl sites for hydroxylation is 1. The van der Waals surface area contributed by atoms with Gasteiger partial charge in [-0.15, -0.1) is 0 Å². The zero-order valence-electron chi connectivity index (χ0n) is 9.90. The quantitative estimate of drug-likeness (QED) is 0.610. The molecule has 0 unspecified atom stereocenters. The molecule has 6 heteroatoms. The molecule has 2 aromatic rings. The number of hydrogen-bond donors (Lipinski definition) is 0. The lowest BCUT2D eigenvalue weighted by Gasteiger charge is -2.05. The van der Waals surface area contributed by atoms with Gasteiger partial charge in [-0.3, -0.25) is 4.68 Å². The van der Waals surface area contributed by atoms with Crippen LogP contribution in [0, 0.1) is 3.57 Å². The summed E-state index contributed by atoms with van der Waals surface area (Å²) >= 11 is 8.43. The summed E-state index contributed by atoms with van der Waals surface area (Å²) in [5.41, 5.74) is 2.02. The van der Waals surface area contributed by atoms with Crippen molar-refractivity contribution in [2.24, 2.45) is 0 Å². The van der Waals surface area contributed by atoms with E-state index in [2.05, 4.69) is 37.7 Å². The maximum atomic E-state index is 6.20. The lowest BCUT2D eigenvalue weighted by molar-refractivity contribution is 0.660. The number of rotatable bonds is 3. The Bertz CT molecular complexity index is 592. The predicted molar refractivity (Wildman–Crippen MR) is 78.6 cm³/mol. The topological polar surface area (TPSA) is 43.6 Å². The normalized spacial score (nSPS) is 15.1. The molecule has 0 saturated heterocycles. The van der Waals surface area contributed by atoms with Crippen molar-refractivity contribution in [2.45, 2.75) is 32.2 Å². The van der Waals surface area contributed by atoms with Crippen LogP contribution in [0.4, 0.5) is 0 Å². The molecule has 0 amide bonds. The third-order valence-electron chi connectivity index (χ3n) is 3.02. The van der Waals surface area contributed by atoms with Crippen LogP contribution in [0.5, 0.6) is 0 Å². The van der Waals surface area contributed by atoms with Gasteiger partial charge in [-0.1, -0.05) is 11.6 Å². The molecule has 18 heavy (non-hydrogen) atoms. The summed E-state index contributed by atoms with van der Waals surface area (Å²) in [6, 6.07) is 0. The molecule has 0 aromatic carbocycles. The van der Waals surface area contributed by atoms with Crippen molar-refractivity contribution in [1.29, 1.82) is 0 Å². The van der Waals surface area contributed by atoms with Crippen molar-refractivity contribution in [3.63, 3.8) is 0 Å². The molecule has 2 aromatic heterocycles. The minimum absolute atomic E-state index is 0.548. The number of halogens is 2. The first kappa shape index (κ1) is 12.3. The van der Waals surface area contributed by atoms with E-state index < -0.39 is 0 Å². The van der Waals surface area contributed by atoms with Crippen molar-refractivity contribution in [2.75, 3.05) is 0 Å². The molecule has 94 valence electrons. The van der Waals surface area contributed by atoms with Gasteiger partial charge >= 0.3 is 0 Å². The lowest BCUT2D eigenvalue weighted by atomic mass is 10.2. The molecule has 3 rings (SSSR count). The zero-order valence-corrected chi connectivity index (χ0v) is 12.8. The molecule has 4 nitrogen and oxygen atoms in total. The van der Waals surface area contributed by atoms with Crippen molar-refractivity contribution < 1.29 is 0 Å². The molecular formula is C12H12ClIN4. The number of hydrogen-bond acceptors (Lipinski definition) is 3. The molecule has 0 atom stereocenters. The van der Waals surface area contributed by atoms with E-state index in [1.54, 1.807) is 6.20 Å². The molecule has 0 bridgehead atoms. The van der Waals surface area contributed by atoms with E-state index in [1.807, 2.05) is 17.8 Å². The second kappa shape index (κ2) is 4.77. The third-order valence-corrected chi connectivity index (χ3v) is 4.67. The highest BCUT2D eigenvalue weighted by Gasteiger charge is 2.29. The highest BCUT2D eigenvalue weighted by molar-refractivity contribution is 14.1. The minimum Gasteiger partial charge on any atom is -0.272 e. The van der Waals surface area contributed by atoms with Crippen molar-refractivity contribution in [3.8, 4) is 11.4 Å².